The summed E-state index contributed by atoms with van der Waals surface area (Å²) in [6.45, 7) is 10.8. The van der Waals surface area contributed by atoms with Crippen LogP contribution in [-0.4, -0.2) is 6.54 Å². The first-order valence-electron chi connectivity index (χ1n) is 9.91. The Morgan fingerprint density at radius 3 is 2.37 bits per heavy atom. The second-order valence-corrected chi connectivity index (χ2v) is 7.58. The molecule has 4 aromatic rings. The van der Waals surface area contributed by atoms with Gasteiger partial charge in [-0.1, -0.05) is 35.4 Å². The van der Waals surface area contributed by atoms with Crippen LogP contribution < -0.4 is 9.47 Å². The molecule has 5 rings (SSSR count). The fourth-order valence-electron chi connectivity index (χ4n) is 4.75. The summed E-state index contributed by atoms with van der Waals surface area (Å²) in [5.74, 6) is 0. The average Bonchev–Trinajstić information content (AvgIpc) is 2.68. The molecule has 2 heteroatoms. The van der Waals surface area contributed by atoms with Crippen molar-refractivity contribution in [3.05, 3.63) is 65.7 Å². The normalized spacial score (nSPS) is 12.7. The van der Waals surface area contributed by atoms with Gasteiger partial charge in [0.15, 0.2) is 0 Å². The molecule has 3 aromatic carbocycles. The minimum absolute atomic E-state index is 0.957. The predicted molar refractivity (Wildman–Crippen MR) is 115 cm³/mol. The van der Waals surface area contributed by atoms with Crippen molar-refractivity contribution in [1.29, 1.82) is 0 Å². The third kappa shape index (κ3) is 2.16. The zero-order valence-electron chi connectivity index (χ0n) is 16.5. The number of anilines is 2. The van der Waals surface area contributed by atoms with E-state index in [2.05, 4.69) is 91.8 Å². The molecule has 0 saturated heterocycles. The molecule has 27 heavy (non-hydrogen) atoms. The number of aryl methyl sites for hydroxylation is 3. The number of aromatic nitrogens is 1. The molecular formula is C25H25N2+. The van der Waals surface area contributed by atoms with E-state index < -0.39 is 0 Å². The van der Waals surface area contributed by atoms with Crippen LogP contribution in [0.3, 0.4) is 0 Å². The van der Waals surface area contributed by atoms with E-state index in [0.29, 0.717) is 0 Å². The molecule has 0 aliphatic carbocycles. The summed E-state index contributed by atoms with van der Waals surface area (Å²) >= 11 is 0. The first kappa shape index (κ1) is 16.3. The third-order valence-corrected chi connectivity index (χ3v) is 5.90. The van der Waals surface area contributed by atoms with E-state index in [1.165, 1.54) is 55.4 Å². The second-order valence-electron chi connectivity index (χ2n) is 7.58. The van der Waals surface area contributed by atoms with E-state index in [0.717, 1.165) is 13.1 Å². The van der Waals surface area contributed by atoms with Crippen LogP contribution in [0.5, 0.6) is 0 Å². The smallest absolute Gasteiger partial charge is 0.225 e. The van der Waals surface area contributed by atoms with Crippen molar-refractivity contribution in [2.45, 2.75) is 34.2 Å². The van der Waals surface area contributed by atoms with Gasteiger partial charge in [0.05, 0.1) is 27.7 Å². The number of hydrogen-bond donors (Lipinski definition) is 0. The number of hydrogen-bond acceptors (Lipinski definition) is 1. The van der Waals surface area contributed by atoms with Crippen LogP contribution in [-0.2, 0) is 6.54 Å². The van der Waals surface area contributed by atoms with Crippen molar-refractivity contribution >= 4 is 33.1 Å². The van der Waals surface area contributed by atoms with Gasteiger partial charge in [0.1, 0.15) is 6.54 Å². The van der Waals surface area contributed by atoms with Gasteiger partial charge in [0.2, 0.25) is 11.2 Å². The number of pyridine rings is 1. The quantitative estimate of drug-likeness (QED) is 0.314. The van der Waals surface area contributed by atoms with Crippen molar-refractivity contribution in [2.24, 2.45) is 0 Å². The number of nitrogens with zero attached hydrogens (tertiary/aromatic N) is 2. The number of fused-ring (bicyclic) bond motifs is 4. The van der Waals surface area contributed by atoms with Crippen molar-refractivity contribution in [1.82, 2.24) is 0 Å². The Morgan fingerprint density at radius 2 is 1.59 bits per heavy atom. The Kier molecular flexibility index (Phi) is 3.51. The van der Waals surface area contributed by atoms with Crippen LogP contribution in [0.2, 0.25) is 0 Å². The zero-order valence-corrected chi connectivity index (χ0v) is 16.5. The maximum absolute atomic E-state index is 2.51. The van der Waals surface area contributed by atoms with E-state index in [-0.39, 0.29) is 0 Å². The summed E-state index contributed by atoms with van der Waals surface area (Å²) in [5.41, 5.74) is 9.30. The molecule has 0 spiro atoms. The largest absolute Gasteiger partial charge is 0.340 e. The highest BCUT2D eigenvalue weighted by Crippen LogP contribution is 2.47. The summed E-state index contributed by atoms with van der Waals surface area (Å²) in [6.07, 6.45) is 0. The highest BCUT2D eigenvalue weighted by atomic mass is 15.1. The summed E-state index contributed by atoms with van der Waals surface area (Å²) < 4.78 is 2.51. The maximum atomic E-state index is 2.51. The van der Waals surface area contributed by atoms with E-state index >= 15 is 0 Å². The Morgan fingerprint density at radius 1 is 0.815 bits per heavy atom. The first-order chi connectivity index (χ1) is 13.1. The lowest BCUT2D eigenvalue weighted by molar-refractivity contribution is -0.655. The summed E-state index contributed by atoms with van der Waals surface area (Å²) in [7, 11) is 0. The lowest BCUT2D eigenvalue weighted by atomic mass is 9.91. The van der Waals surface area contributed by atoms with Crippen molar-refractivity contribution in [2.75, 3.05) is 11.4 Å². The summed E-state index contributed by atoms with van der Waals surface area (Å²) in [4.78, 5) is 2.46. The topological polar surface area (TPSA) is 7.12 Å². The minimum atomic E-state index is 0.957. The maximum Gasteiger partial charge on any atom is 0.225 e. The van der Waals surface area contributed by atoms with Crippen LogP contribution in [0.4, 0.5) is 11.4 Å². The van der Waals surface area contributed by atoms with Crippen molar-refractivity contribution in [3.63, 3.8) is 0 Å². The van der Waals surface area contributed by atoms with E-state index in [1.807, 2.05) is 0 Å². The zero-order chi connectivity index (χ0) is 18.7. The van der Waals surface area contributed by atoms with Crippen LogP contribution in [0.15, 0.2) is 54.6 Å². The summed E-state index contributed by atoms with van der Waals surface area (Å²) in [6, 6.07) is 20.5. The second kappa shape index (κ2) is 5.82. The van der Waals surface area contributed by atoms with E-state index in [9.17, 15) is 0 Å². The van der Waals surface area contributed by atoms with Gasteiger partial charge in [-0.05, 0) is 52.0 Å². The monoisotopic (exact) mass is 353 g/mol. The molecule has 1 aliphatic heterocycles. The van der Waals surface area contributed by atoms with Gasteiger partial charge in [-0.25, -0.2) is 0 Å². The highest BCUT2D eigenvalue weighted by Gasteiger charge is 2.32. The Bertz CT molecular complexity index is 1220. The molecule has 0 fully saturated rings. The van der Waals surface area contributed by atoms with Gasteiger partial charge in [-0.2, -0.15) is 4.57 Å². The molecule has 134 valence electrons. The molecule has 2 heterocycles. The standard InChI is InChI=1S/C25H25N2/c1-5-26-22-13-11-17(4)15-20(22)25-24-18(8-7-9-23(24)26)19-14-16(3)10-12-21(19)27(25)6-2/h7-15H,5-6H2,1-4H3/q+1. The SMILES string of the molecule is CCN1c2ccc(C)cc2-c2c3c1cccc3c1cc(C)ccc1[n+]2CC. The fourth-order valence-corrected chi connectivity index (χ4v) is 4.75. The minimum Gasteiger partial charge on any atom is -0.340 e. The Labute approximate surface area is 160 Å². The molecule has 0 N–H and O–H groups in total. The molecule has 0 saturated carbocycles. The Balaban J connectivity index is 2.09. The summed E-state index contributed by atoms with van der Waals surface area (Å²) in [5, 5.41) is 4.10. The Hall–Kier alpha value is -2.87. The van der Waals surface area contributed by atoms with Crippen LogP contribution in [0, 0.1) is 13.8 Å². The lowest BCUT2D eigenvalue weighted by Gasteiger charge is -2.31. The third-order valence-electron chi connectivity index (χ3n) is 5.90. The van der Waals surface area contributed by atoms with Crippen LogP contribution in [0.1, 0.15) is 25.0 Å². The van der Waals surface area contributed by atoms with Gasteiger partial charge < -0.3 is 4.90 Å². The van der Waals surface area contributed by atoms with Crippen molar-refractivity contribution in [3.8, 4) is 11.3 Å². The van der Waals surface area contributed by atoms with Crippen LogP contribution in [0.25, 0.3) is 32.9 Å². The number of rotatable bonds is 2. The molecule has 1 aromatic heterocycles. The fraction of sp³-hybridized carbons (Fsp3) is 0.240. The van der Waals surface area contributed by atoms with Gasteiger partial charge in [-0.15, -0.1) is 0 Å². The van der Waals surface area contributed by atoms with Gasteiger partial charge in [0.25, 0.3) is 0 Å². The van der Waals surface area contributed by atoms with Gasteiger partial charge in [-0.3, -0.25) is 0 Å². The average molecular weight is 353 g/mol. The molecule has 2 nitrogen and oxygen atoms in total. The van der Waals surface area contributed by atoms with Crippen LogP contribution >= 0.6 is 0 Å². The molecule has 0 amide bonds. The molecule has 0 bridgehead atoms. The lowest BCUT2D eigenvalue weighted by Crippen LogP contribution is -2.38. The molecule has 0 atom stereocenters. The van der Waals surface area contributed by atoms with Gasteiger partial charge >= 0.3 is 0 Å². The predicted octanol–water partition coefficient (Wildman–Crippen LogP) is 6.06. The molecule has 0 unspecified atom stereocenters. The van der Waals surface area contributed by atoms with Gasteiger partial charge in [0, 0.05) is 18.0 Å². The van der Waals surface area contributed by atoms with Crippen molar-refractivity contribution < 1.29 is 4.57 Å². The van der Waals surface area contributed by atoms with E-state index in [1.54, 1.807) is 0 Å². The molecule has 1 aliphatic rings. The number of benzene rings is 3. The van der Waals surface area contributed by atoms with E-state index in [4.69, 9.17) is 0 Å². The highest BCUT2D eigenvalue weighted by molar-refractivity contribution is 6.17. The molecular weight excluding hydrogens is 328 g/mol. The first-order valence-corrected chi connectivity index (χ1v) is 9.91. The molecule has 0 radical (unpaired) electrons.